The minimum absolute atomic E-state index is 0.412. The molecular weight excluding hydrogens is 223 g/mol. The average molecular weight is 231 g/mol. The zero-order valence-electron chi connectivity index (χ0n) is 5.96. The second kappa shape index (κ2) is 2.46. The van der Waals surface area contributed by atoms with Gasteiger partial charge in [-0.3, -0.25) is 4.57 Å². The van der Waals surface area contributed by atoms with Gasteiger partial charge < -0.3 is 0 Å². The van der Waals surface area contributed by atoms with E-state index in [2.05, 4.69) is 34.4 Å². The second-order valence-corrected chi connectivity index (χ2v) is 5.04. The molecule has 0 heterocycles. The average Bonchev–Trinajstić information content (AvgIpc) is 2.44. The first kappa shape index (κ1) is 7.57. The molecule has 11 heavy (non-hydrogen) atoms. The third kappa shape index (κ3) is 1.00. The highest BCUT2D eigenvalue weighted by molar-refractivity contribution is 9.11. The Morgan fingerprint density at radius 2 is 2.18 bits per heavy atom. The summed E-state index contributed by atoms with van der Waals surface area (Å²) in [6, 6.07) is 0. The van der Waals surface area contributed by atoms with E-state index in [-0.39, 0.29) is 0 Å². The van der Waals surface area contributed by atoms with E-state index in [1.807, 2.05) is 0 Å². The smallest absolute Gasteiger partial charge is 0.119 e. The quantitative estimate of drug-likeness (QED) is 0.500. The Kier molecular flexibility index (Phi) is 1.70. The molecule has 0 amide bonds. The molecule has 0 aromatic heterocycles. The zero-order chi connectivity index (χ0) is 8.01. The maximum Gasteiger partial charge on any atom is 0.119 e. The highest BCUT2D eigenvalue weighted by Gasteiger charge is 2.34. The summed E-state index contributed by atoms with van der Waals surface area (Å²) >= 11 is 3.47. The summed E-state index contributed by atoms with van der Waals surface area (Å²) in [7, 11) is -1.37. The molecule has 0 radical (unpaired) electrons. The first-order valence-electron chi connectivity index (χ1n) is 3.56. The maximum absolute atomic E-state index is 11.2. The predicted octanol–water partition coefficient (Wildman–Crippen LogP) is 3.06. The van der Waals surface area contributed by atoms with Crippen molar-refractivity contribution in [3.63, 3.8) is 0 Å². The molecule has 0 aromatic carbocycles. The molecule has 0 fully saturated rings. The van der Waals surface area contributed by atoms with Crippen LogP contribution in [0.3, 0.4) is 0 Å². The molecule has 0 aliphatic heterocycles. The molecule has 0 saturated carbocycles. The fraction of sp³-hybridized carbons (Fsp3) is 0.375. The molecule has 2 aliphatic carbocycles. The van der Waals surface area contributed by atoms with Crippen molar-refractivity contribution in [2.45, 2.75) is 6.42 Å². The van der Waals surface area contributed by atoms with Crippen molar-refractivity contribution >= 4 is 29.7 Å². The fourth-order valence-corrected chi connectivity index (χ4v) is 3.95. The third-order valence-corrected chi connectivity index (χ3v) is 4.71. The van der Waals surface area contributed by atoms with Crippen LogP contribution in [0.4, 0.5) is 0 Å². The van der Waals surface area contributed by atoms with Crippen LogP contribution in [-0.4, -0.2) is 6.30 Å². The molecule has 3 unspecified atom stereocenters. The molecule has 0 aromatic rings. The van der Waals surface area contributed by atoms with Crippen LogP contribution in [0.15, 0.2) is 21.9 Å². The minimum Gasteiger partial charge on any atom is -0.278 e. The van der Waals surface area contributed by atoms with Gasteiger partial charge >= 0.3 is 0 Å². The number of rotatable bonds is 1. The van der Waals surface area contributed by atoms with E-state index in [0.29, 0.717) is 11.8 Å². The van der Waals surface area contributed by atoms with Crippen LogP contribution in [0, 0.1) is 11.8 Å². The Morgan fingerprint density at radius 3 is 2.55 bits per heavy atom. The first-order valence-corrected chi connectivity index (χ1v) is 5.79. The SMILES string of the molecule is C=P(=O)C1=C(Br)C2C=CC1C2. The fourth-order valence-electron chi connectivity index (χ4n) is 1.76. The first-order chi connectivity index (χ1) is 5.20. The van der Waals surface area contributed by atoms with Gasteiger partial charge in [0.05, 0.1) is 0 Å². The van der Waals surface area contributed by atoms with Crippen LogP contribution >= 0.6 is 23.4 Å². The lowest BCUT2D eigenvalue weighted by atomic mass is 10.2. The normalized spacial score (nSPS) is 35.2. The lowest BCUT2D eigenvalue weighted by Gasteiger charge is -2.04. The summed E-state index contributed by atoms with van der Waals surface area (Å²) in [5, 5.41) is 1.03. The van der Waals surface area contributed by atoms with Gasteiger partial charge in [0, 0.05) is 21.6 Å². The number of hydrogen-bond acceptors (Lipinski definition) is 1. The Bertz CT molecular complexity index is 317. The van der Waals surface area contributed by atoms with Gasteiger partial charge in [-0.05, 0) is 12.7 Å². The Hall–Kier alpha value is -0.0700. The van der Waals surface area contributed by atoms with Crippen molar-refractivity contribution in [2.24, 2.45) is 11.8 Å². The highest BCUT2D eigenvalue weighted by Crippen LogP contribution is 2.51. The summed E-state index contributed by atoms with van der Waals surface area (Å²) in [5.74, 6) is 0.909. The van der Waals surface area contributed by atoms with Gasteiger partial charge in [0.1, 0.15) is 7.42 Å². The Morgan fingerprint density at radius 1 is 1.55 bits per heavy atom. The van der Waals surface area contributed by atoms with E-state index in [4.69, 9.17) is 0 Å². The van der Waals surface area contributed by atoms with Crippen molar-refractivity contribution in [3.05, 3.63) is 21.9 Å². The molecule has 0 saturated heterocycles. The van der Waals surface area contributed by atoms with Gasteiger partial charge in [0.15, 0.2) is 0 Å². The van der Waals surface area contributed by atoms with Gasteiger partial charge in [0.2, 0.25) is 0 Å². The van der Waals surface area contributed by atoms with Gasteiger partial charge in [-0.15, -0.1) is 0 Å². The Labute approximate surface area is 74.7 Å². The summed E-state index contributed by atoms with van der Waals surface area (Å²) in [5.41, 5.74) is 0. The third-order valence-electron chi connectivity index (χ3n) is 2.27. The lowest BCUT2D eigenvalue weighted by molar-refractivity contribution is 0.597. The van der Waals surface area contributed by atoms with Crippen molar-refractivity contribution in [1.82, 2.24) is 0 Å². The zero-order valence-corrected chi connectivity index (χ0v) is 8.44. The van der Waals surface area contributed by atoms with Crippen molar-refractivity contribution < 1.29 is 4.57 Å². The monoisotopic (exact) mass is 230 g/mol. The van der Waals surface area contributed by atoms with Crippen molar-refractivity contribution in [1.29, 1.82) is 0 Å². The van der Waals surface area contributed by atoms with Crippen LogP contribution in [0.5, 0.6) is 0 Å². The minimum atomic E-state index is -1.37. The molecule has 2 rings (SSSR count). The van der Waals surface area contributed by atoms with Crippen LogP contribution < -0.4 is 0 Å². The van der Waals surface area contributed by atoms with E-state index in [9.17, 15) is 4.57 Å². The standard InChI is InChI=1S/C8H8BrOP/c1-11(10)8-6-3-2-5(4-6)7(8)9/h2-3,5-6H,1,4H2. The van der Waals surface area contributed by atoms with Crippen LogP contribution in [0.2, 0.25) is 0 Å². The molecule has 2 aliphatic rings. The van der Waals surface area contributed by atoms with E-state index >= 15 is 0 Å². The van der Waals surface area contributed by atoms with E-state index < -0.39 is 7.42 Å². The van der Waals surface area contributed by atoms with E-state index in [1.54, 1.807) is 0 Å². The molecule has 2 bridgehead atoms. The van der Waals surface area contributed by atoms with Crippen molar-refractivity contribution in [3.8, 4) is 0 Å². The topological polar surface area (TPSA) is 17.1 Å². The molecule has 0 spiro atoms. The van der Waals surface area contributed by atoms with E-state index in [1.165, 1.54) is 0 Å². The van der Waals surface area contributed by atoms with Gasteiger partial charge in [-0.25, -0.2) is 0 Å². The molecule has 0 N–H and O–H groups in total. The Balaban J connectivity index is 2.48. The molecule has 3 heteroatoms. The van der Waals surface area contributed by atoms with Gasteiger partial charge in [0.25, 0.3) is 0 Å². The number of halogens is 1. The van der Waals surface area contributed by atoms with Gasteiger partial charge in [-0.1, -0.05) is 28.1 Å². The van der Waals surface area contributed by atoms with Gasteiger partial charge in [-0.2, -0.15) is 0 Å². The molecule has 58 valence electrons. The highest BCUT2D eigenvalue weighted by atomic mass is 79.9. The molecule has 3 atom stereocenters. The summed E-state index contributed by atoms with van der Waals surface area (Å²) in [6.45, 7) is 0. The largest absolute Gasteiger partial charge is 0.278 e. The summed E-state index contributed by atoms with van der Waals surface area (Å²) in [4.78, 5) is 0. The summed E-state index contributed by atoms with van der Waals surface area (Å²) < 4.78 is 12.3. The van der Waals surface area contributed by atoms with E-state index in [0.717, 1.165) is 16.2 Å². The van der Waals surface area contributed by atoms with Crippen molar-refractivity contribution in [2.75, 3.05) is 0 Å². The van der Waals surface area contributed by atoms with Crippen LogP contribution in [0.1, 0.15) is 6.42 Å². The number of fused-ring (bicyclic) bond motifs is 2. The van der Waals surface area contributed by atoms with Crippen LogP contribution in [0.25, 0.3) is 0 Å². The number of allylic oxidation sites excluding steroid dienone is 4. The summed E-state index contributed by atoms with van der Waals surface area (Å²) in [6.07, 6.45) is 9.00. The molecular formula is C8H8BrOP. The lowest BCUT2D eigenvalue weighted by Crippen LogP contribution is -1.87. The predicted molar refractivity (Wildman–Crippen MR) is 51.4 cm³/mol. The maximum atomic E-state index is 11.2. The number of hydrogen-bond donors (Lipinski definition) is 0. The van der Waals surface area contributed by atoms with Crippen LogP contribution in [-0.2, 0) is 4.57 Å². The molecule has 1 nitrogen and oxygen atoms in total. The second-order valence-electron chi connectivity index (χ2n) is 2.95.